The molecule has 0 saturated carbocycles. The van der Waals surface area contributed by atoms with Crippen molar-refractivity contribution in [1.29, 1.82) is 0 Å². The van der Waals surface area contributed by atoms with Crippen molar-refractivity contribution >= 4 is 18.0 Å². The summed E-state index contributed by atoms with van der Waals surface area (Å²) < 4.78 is 0. The van der Waals surface area contributed by atoms with Gasteiger partial charge in [0.05, 0.1) is 0 Å². The molecule has 0 spiro atoms. The van der Waals surface area contributed by atoms with Gasteiger partial charge in [-0.05, 0) is 50.5 Å². The van der Waals surface area contributed by atoms with E-state index in [2.05, 4.69) is 39.5 Å². The SMILES string of the molecule is C[C@H]1C[C@@H](CN2CCC3CC(C4C=NNC4)=CN=C32)CN1C(=O)C1=CC=CCC1. The van der Waals surface area contributed by atoms with Gasteiger partial charge in [-0.25, -0.2) is 4.99 Å². The van der Waals surface area contributed by atoms with Crippen molar-refractivity contribution in [1.82, 2.24) is 15.2 Å². The summed E-state index contributed by atoms with van der Waals surface area (Å²) in [6.07, 6.45) is 15.5. The Morgan fingerprint density at radius 2 is 2.31 bits per heavy atom. The van der Waals surface area contributed by atoms with E-state index in [1.54, 1.807) is 0 Å². The summed E-state index contributed by atoms with van der Waals surface area (Å²) in [5.41, 5.74) is 5.44. The Bertz CT molecular complexity index is 823. The van der Waals surface area contributed by atoms with Gasteiger partial charge < -0.3 is 15.2 Å². The summed E-state index contributed by atoms with van der Waals surface area (Å²) in [6.45, 7) is 6.10. The number of rotatable bonds is 4. The molecular weight excluding hydrogens is 362 g/mol. The smallest absolute Gasteiger partial charge is 0.250 e. The number of aliphatic imine (C=N–C) groups is 1. The van der Waals surface area contributed by atoms with Crippen molar-refractivity contribution < 1.29 is 4.79 Å². The number of nitrogens with one attached hydrogen (secondary N) is 1. The van der Waals surface area contributed by atoms with Crippen LogP contribution in [0.25, 0.3) is 0 Å². The first-order chi connectivity index (χ1) is 14.2. The lowest BCUT2D eigenvalue weighted by Gasteiger charge is -2.27. The molecule has 5 aliphatic rings. The number of amidine groups is 1. The average molecular weight is 394 g/mol. The van der Waals surface area contributed by atoms with Crippen LogP contribution in [0.4, 0.5) is 0 Å². The number of carbonyl (C=O) groups excluding carboxylic acids is 1. The zero-order valence-corrected chi connectivity index (χ0v) is 17.3. The fourth-order valence-electron chi connectivity index (χ4n) is 5.52. The largest absolute Gasteiger partial charge is 0.359 e. The van der Waals surface area contributed by atoms with Gasteiger partial charge in [-0.1, -0.05) is 18.2 Å². The molecule has 1 amide bonds. The quantitative estimate of drug-likeness (QED) is 0.799. The Hall–Kier alpha value is -2.37. The number of nitrogens with zero attached hydrogens (tertiary/aromatic N) is 4. The van der Waals surface area contributed by atoms with Gasteiger partial charge in [-0.3, -0.25) is 4.79 Å². The maximum absolute atomic E-state index is 12.9. The second kappa shape index (κ2) is 7.81. The summed E-state index contributed by atoms with van der Waals surface area (Å²) in [4.78, 5) is 22.4. The standard InChI is InChI=1S/C23H31N5O/c1-16-9-17(15-28(16)23(29)18-5-3-2-4-6-18)14-27-8-7-19-10-20(11-24-22(19)27)21-12-25-26-13-21/h2-3,5,11-12,16-17,19,21,26H,4,6-10,13-15H2,1H3/t16-,17-,19?,21?/m0/s1. The number of fused-ring (bicyclic) bond motifs is 1. The summed E-state index contributed by atoms with van der Waals surface area (Å²) in [7, 11) is 0. The normalized spacial score (nSPS) is 33.3. The minimum Gasteiger partial charge on any atom is -0.359 e. The summed E-state index contributed by atoms with van der Waals surface area (Å²) in [5, 5.41) is 4.16. The fourth-order valence-corrected chi connectivity index (χ4v) is 5.52. The molecule has 6 heteroatoms. The predicted octanol–water partition coefficient (Wildman–Crippen LogP) is 2.71. The molecule has 154 valence electrons. The van der Waals surface area contributed by atoms with E-state index in [1.165, 1.54) is 17.8 Å². The van der Waals surface area contributed by atoms with Crippen molar-refractivity contribution in [3.63, 3.8) is 0 Å². The van der Waals surface area contributed by atoms with Gasteiger partial charge in [0.1, 0.15) is 5.84 Å². The topological polar surface area (TPSA) is 60.3 Å². The van der Waals surface area contributed by atoms with E-state index in [1.807, 2.05) is 18.4 Å². The zero-order valence-electron chi connectivity index (χ0n) is 17.3. The van der Waals surface area contributed by atoms with Crippen LogP contribution in [-0.4, -0.2) is 60.0 Å². The summed E-state index contributed by atoms with van der Waals surface area (Å²) in [6, 6.07) is 0.326. The third-order valence-corrected chi connectivity index (χ3v) is 7.10. The van der Waals surface area contributed by atoms with Crippen LogP contribution >= 0.6 is 0 Å². The van der Waals surface area contributed by atoms with E-state index in [9.17, 15) is 4.79 Å². The molecule has 4 atom stereocenters. The molecule has 0 aromatic carbocycles. The van der Waals surface area contributed by atoms with Crippen LogP contribution in [0.3, 0.4) is 0 Å². The van der Waals surface area contributed by atoms with E-state index < -0.39 is 0 Å². The zero-order chi connectivity index (χ0) is 19.8. The third kappa shape index (κ3) is 3.65. The monoisotopic (exact) mass is 393 g/mol. The molecule has 6 nitrogen and oxygen atoms in total. The van der Waals surface area contributed by atoms with Crippen LogP contribution in [0.2, 0.25) is 0 Å². The number of hydrogen-bond acceptors (Lipinski definition) is 5. The molecule has 0 aromatic heterocycles. The summed E-state index contributed by atoms with van der Waals surface area (Å²) in [5.74, 6) is 3.02. The van der Waals surface area contributed by atoms with Gasteiger partial charge in [0.25, 0.3) is 0 Å². The molecule has 0 aromatic rings. The molecule has 1 N–H and O–H groups in total. The van der Waals surface area contributed by atoms with Crippen LogP contribution in [-0.2, 0) is 4.79 Å². The van der Waals surface area contributed by atoms with Gasteiger partial charge in [0, 0.05) is 62.0 Å². The van der Waals surface area contributed by atoms with Crippen LogP contribution < -0.4 is 5.43 Å². The van der Waals surface area contributed by atoms with E-state index >= 15 is 0 Å². The van der Waals surface area contributed by atoms with Gasteiger partial charge in [-0.15, -0.1) is 0 Å². The Balaban J connectivity index is 1.22. The highest BCUT2D eigenvalue weighted by molar-refractivity contribution is 5.94. The molecule has 2 fully saturated rings. The van der Waals surface area contributed by atoms with E-state index in [4.69, 9.17) is 4.99 Å². The molecule has 5 rings (SSSR count). The summed E-state index contributed by atoms with van der Waals surface area (Å²) >= 11 is 0. The van der Waals surface area contributed by atoms with E-state index in [0.717, 1.165) is 57.4 Å². The number of likely N-dealkylation sites (tertiary alicyclic amines) is 2. The highest BCUT2D eigenvalue weighted by atomic mass is 16.2. The first-order valence-corrected chi connectivity index (χ1v) is 11.1. The molecule has 29 heavy (non-hydrogen) atoms. The Morgan fingerprint density at radius 3 is 3.10 bits per heavy atom. The van der Waals surface area contributed by atoms with Crippen molar-refractivity contribution in [2.24, 2.45) is 27.8 Å². The molecule has 2 unspecified atom stereocenters. The Morgan fingerprint density at radius 1 is 1.38 bits per heavy atom. The van der Waals surface area contributed by atoms with Gasteiger partial charge in [0.15, 0.2) is 0 Å². The second-order valence-corrected chi connectivity index (χ2v) is 9.14. The maximum Gasteiger partial charge on any atom is 0.250 e. The first-order valence-electron chi connectivity index (χ1n) is 11.1. The number of amides is 1. The van der Waals surface area contributed by atoms with E-state index in [0.29, 0.717) is 23.8 Å². The molecular formula is C23H31N5O. The molecule has 2 saturated heterocycles. The minimum atomic E-state index is 0.248. The van der Waals surface area contributed by atoms with Crippen molar-refractivity contribution in [3.05, 3.63) is 35.6 Å². The van der Waals surface area contributed by atoms with Crippen molar-refractivity contribution in [2.45, 2.75) is 45.1 Å². The average Bonchev–Trinajstić information content (AvgIpc) is 3.49. The number of hydrazone groups is 1. The number of hydrogen-bond donors (Lipinski definition) is 1. The predicted molar refractivity (Wildman–Crippen MR) is 116 cm³/mol. The Kier molecular flexibility index (Phi) is 5.02. The molecule has 4 heterocycles. The lowest BCUT2D eigenvalue weighted by atomic mass is 9.89. The van der Waals surface area contributed by atoms with Crippen LogP contribution in [0, 0.1) is 17.8 Å². The number of allylic oxidation sites excluding steroid dienone is 3. The van der Waals surface area contributed by atoms with Crippen LogP contribution in [0.15, 0.2) is 45.7 Å². The fraction of sp³-hybridized carbons (Fsp3) is 0.609. The van der Waals surface area contributed by atoms with Gasteiger partial charge in [-0.2, -0.15) is 5.10 Å². The van der Waals surface area contributed by atoms with Gasteiger partial charge in [0.2, 0.25) is 5.91 Å². The van der Waals surface area contributed by atoms with Crippen LogP contribution in [0.5, 0.6) is 0 Å². The van der Waals surface area contributed by atoms with Crippen molar-refractivity contribution in [2.75, 3.05) is 26.2 Å². The third-order valence-electron chi connectivity index (χ3n) is 7.10. The first kappa shape index (κ1) is 18.6. The maximum atomic E-state index is 12.9. The minimum absolute atomic E-state index is 0.248. The Labute approximate surface area is 173 Å². The van der Waals surface area contributed by atoms with E-state index in [-0.39, 0.29) is 5.91 Å². The van der Waals surface area contributed by atoms with Crippen molar-refractivity contribution in [3.8, 4) is 0 Å². The highest BCUT2D eigenvalue weighted by Gasteiger charge is 2.38. The lowest BCUT2D eigenvalue weighted by molar-refractivity contribution is -0.127. The molecule has 1 aliphatic carbocycles. The van der Waals surface area contributed by atoms with Crippen LogP contribution in [0.1, 0.15) is 39.0 Å². The highest BCUT2D eigenvalue weighted by Crippen LogP contribution is 2.34. The lowest BCUT2D eigenvalue weighted by Crippen LogP contribution is -2.37. The second-order valence-electron chi connectivity index (χ2n) is 9.14. The number of carbonyl (C=O) groups is 1. The molecule has 0 bridgehead atoms. The molecule has 4 aliphatic heterocycles. The molecule has 0 radical (unpaired) electrons. The van der Waals surface area contributed by atoms with Gasteiger partial charge >= 0.3 is 0 Å².